The summed E-state index contributed by atoms with van der Waals surface area (Å²) in [5, 5.41) is 4.24. The van der Waals surface area contributed by atoms with Crippen LogP contribution < -0.4 is 5.32 Å². The molecule has 0 aliphatic carbocycles. The standard InChI is InChI=1S/C11H19N3S/c1-4-12-10-7-11(14-8-13-10)15-6-5-9(2)3/h7-9H,4-6H2,1-3H3,(H,12,13,14). The van der Waals surface area contributed by atoms with Gasteiger partial charge in [-0.2, -0.15) is 0 Å². The lowest BCUT2D eigenvalue weighted by molar-refractivity contribution is 0.632. The predicted molar refractivity (Wildman–Crippen MR) is 66.4 cm³/mol. The minimum atomic E-state index is 0.757. The van der Waals surface area contributed by atoms with Crippen molar-refractivity contribution in [2.75, 3.05) is 17.6 Å². The van der Waals surface area contributed by atoms with Gasteiger partial charge in [0.1, 0.15) is 17.2 Å². The first-order valence-electron chi connectivity index (χ1n) is 5.41. The molecule has 0 saturated carbocycles. The number of hydrogen-bond acceptors (Lipinski definition) is 4. The third-order valence-corrected chi connectivity index (χ3v) is 2.90. The van der Waals surface area contributed by atoms with Crippen molar-refractivity contribution in [3.05, 3.63) is 12.4 Å². The fourth-order valence-corrected chi connectivity index (χ4v) is 2.21. The van der Waals surface area contributed by atoms with Crippen LogP contribution in [0.15, 0.2) is 17.4 Å². The molecule has 4 heteroatoms. The number of rotatable bonds is 6. The van der Waals surface area contributed by atoms with Gasteiger partial charge >= 0.3 is 0 Å². The highest BCUT2D eigenvalue weighted by molar-refractivity contribution is 7.99. The molecule has 0 radical (unpaired) electrons. The van der Waals surface area contributed by atoms with E-state index in [0.717, 1.165) is 29.1 Å². The van der Waals surface area contributed by atoms with Gasteiger partial charge in [0.05, 0.1) is 0 Å². The van der Waals surface area contributed by atoms with Crippen molar-refractivity contribution in [3.8, 4) is 0 Å². The lowest BCUT2D eigenvalue weighted by Crippen LogP contribution is -1.99. The third-order valence-electron chi connectivity index (χ3n) is 1.95. The summed E-state index contributed by atoms with van der Waals surface area (Å²) in [7, 11) is 0. The molecule has 1 rings (SSSR count). The van der Waals surface area contributed by atoms with E-state index >= 15 is 0 Å². The second-order valence-electron chi connectivity index (χ2n) is 3.80. The number of hydrogen-bond donors (Lipinski definition) is 1. The van der Waals surface area contributed by atoms with Crippen LogP contribution in [0.3, 0.4) is 0 Å². The summed E-state index contributed by atoms with van der Waals surface area (Å²) in [4.78, 5) is 8.37. The molecule has 0 aromatic carbocycles. The zero-order valence-electron chi connectivity index (χ0n) is 9.66. The predicted octanol–water partition coefficient (Wildman–Crippen LogP) is 3.05. The Morgan fingerprint density at radius 3 is 2.87 bits per heavy atom. The van der Waals surface area contributed by atoms with Crippen molar-refractivity contribution in [1.82, 2.24) is 9.97 Å². The number of aromatic nitrogens is 2. The average molecular weight is 225 g/mol. The highest BCUT2D eigenvalue weighted by Crippen LogP contribution is 2.19. The summed E-state index contributed by atoms with van der Waals surface area (Å²) in [5.41, 5.74) is 0. The Morgan fingerprint density at radius 2 is 2.20 bits per heavy atom. The number of anilines is 1. The third kappa shape index (κ3) is 5.02. The Bertz CT molecular complexity index is 289. The maximum Gasteiger partial charge on any atom is 0.130 e. The molecular weight excluding hydrogens is 206 g/mol. The van der Waals surface area contributed by atoms with Gasteiger partial charge in [-0.3, -0.25) is 0 Å². The molecule has 0 atom stereocenters. The monoisotopic (exact) mass is 225 g/mol. The van der Waals surface area contributed by atoms with Crippen molar-refractivity contribution >= 4 is 17.6 Å². The van der Waals surface area contributed by atoms with E-state index in [0.29, 0.717) is 0 Å². The zero-order chi connectivity index (χ0) is 11.1. The Hall–Kier alpha value is -0.770. The highest BCUT2D eigenvalue weighted by Gasteiger charge is 2.00. The molecule has 15 heavy (non-hydrogen) atoms. The quantitative estimate of drug-likeness (QED) is 0.596. The van der Waals surface area contributed by atoms with Gasteiger partial charge in [-0.05, 0) is 25.0 Å². The van der Waals surface area contributed by atoms with E-state index in [4.69, 9.17) is 0 Å². The molecule has 1 heterocycles. The maximum atomic E-state index is 4.23. The summed E-state index contributed by atoms with van der Waals surface area (Å²) in [5.74, 6) is 2.80. The van der Waals surface area contributed by atoms with Gasteiger partial charge in [0.2, 0.25) is 0 Å². The molecule has 0 saturated heterocycles. The first-order chi connectivity index (χ1) is 7.22. The van der Waals surface area contributed by atoms with Crippen LogP contribution in [0.4, 0.5) is 5.82 Å². The van der Waals surface area contributed by atoms with Gasteiger partial charge in [0.25, 0.3) is 0 Å². The molecule has 0 amide bonds. The first-order valence-corrected chi connectivity index (χ1v) is 6.39. The Labute approximate surface area is 96.1 Å². The van der Waals surface area contributed by atoms with Gasteiger partial charge in [-0.15, -0.1) is 11.8 Å². The van der Waals surface area contributed by atoms with E-state index in [2.05, 4.69) is 36.1 Å². The molecule has 1 aromatic rings. The molecule has 84 valence electrons. The van der Waals surface area contributed by atoms with Crippen LogP contribution in [0.5, 0.6) is 0 Å². The number of nitrogens with one attached hydrogen (secondary N) is 1. The van der Waals surface area contributed by atoms with Crippen LogP contribution in [0.2, 0.25) is 0 Å². The summed E-state index contributed by atoms with van der Waals surface area (Å²) in [6.07, 6.45) is 2.85. The first kappa shape index (κ1) is 12.3. The second-order valence-corrected chi connectivity index (χ2v) is 4.92. The van der Waals surface area contributed by atoms with Crippen LogP contribution in [-0.4, -0.2) is 22.3 Å². The topological polar surface area (TPSA) is 37.8 Å². The van der Waals surface area contributed by atoms with Crippen LogP contribution in [0, 0.1) is 5.92 Å². The Balaban J connectivity index is 2.43. The summed E-state index contributed by atoms with van der Waals surface area (Å²) in [6.45, 7) is 7.44. The largest absolute Gasteiger partial charge is 0.370 e. The summed E-state index contributed by atoms with van der Waals surface area (Å²) in [6, 6.07) is 2.01. The lowest BCUT2D eigenvalue weighted by atomic mass is 10.2. The molecule has 0 aliphatic rings. The molecule has 0 unspecified atom stereocenters. The average Bonchev–Trinajstić information content (AvgIpc) is 2.18. The molecule has 0 bridgehead atoms. The van der Waals surface area contributed by atoms with E-state index in [-0.39, 0.29) is 0 Å². The minimum Gasteiger partial charge on any atom is -0.370 e. The van der Waals surface area contributed by atoms with Crippen LogP contribution in [0.25, 0.3) is 0 Å². The molecular formula is C11H19N3S. The van der Waals surface area contributed by atoms with E-state index in [1.807, 2.05) is 6.07 Å². The molecule has 0 spiro atoms. The smallest absolute Gasteiger partial charge is 0.130 e. The minimum absolute atomic E-state index is 0.757. The lowest BCUT2D eigenvalue weighted by Gasteiger charge is -2.05. The van der Waals surface area contributed by atoms with Crippen molar-refractivity contribution < 1.29 is 0 Å². The van der Waals surface area contributed by atoms with Gasteiger partial charge in [0.15, 0.2) is 0 Å². The Kier molecular flexibility index (Phi) is 5.47. The fraction of sp³-hybridized carbons (Fsp3) is 0.636. The van der Waals surface area contributed by atoms with E-state index in [1.54, 1.807) is 18.1 Å². The molecule has 0 aliphatic heterocycles. The molecule has 3 nitrogen and oxygen atoms in total. The van der Waals surface area contributed by atoms with Crippen LogP contribution in [-0.2, 0) is 0 Å². The van der Waals surface area contributed by atoms with Crippen molar-refractivity contribution in [2.45, 2.75) is 32.2 Å². The van der Waals surface area contributed by atoms with E-state index < -0.39 is 0 Å². The fourth-order valence-electron chi connectivity index (χ4n) is 1.10. The SMILES string of the molecule is CCNc1cc(SCCC(C)C)ncn1. The van der Waals surface area contributed by atoms with Gasteiger partial charge < -0.3 is 5.32 Å². The molecule has 0 fully saturated rings. The summed E-state index contributed by atoms with van der Waals surface area (Å²) >= 11 is 1.80. The van der Waals surface area contributed by atoms with Crippen LogP contribution >= 0.6 is 11.8 Å². The second kappa shape index (κ2) is 6.67. The van der Waals surface area contributed by atoms with Crippen molar-refractivity contribution in [1.29, 1.82) is 0 Å². The van der Waals surface area contributed by atoms with E-state index in [1.165, 1.54) is 6.42 Å². The molecule has 1 N–H and O–H groups in total. The van der Waals surface area contributed by atoms with Gasteiger partial charge in [0, 0.05) is 12.6 Å². The van der Waals surface area contributed by atoms with Gasteiger partial charge in [-0.1, -0.05) is 13.8 Å². The number of nitrogens with zero attached hydrogens (tertiary/aromatic N) is 2. The highest BCUT2D eigenvalue weighted by atomic mass is 32.2. The molecule has 1 aromatic heterocycles. The zero-order valence-corrected chi connectivity index (χ0v) is 10.5. The van der Waals surface area contributed by atoms with Gasteiger partial charge in [-0.25, -0.2) is 9.97 Å². The van der Waals surface area contributed by atoms with Crippen LogP contribution in [0.1, 0.15) is 27.2 Å². The summed E-state index contributed by atoms with van der Waals surface area (Å²) < 4.78 is 0. The van der Waals surface area contributed by atoms with E-state index in [9.17, 15) is 0 Å². The van der Waals surface area contributed by atoms with Crippen molar-refractivity contribution in [3.63, 3.8) is 0 Å². The van der Waals surface area contributed by atoms with Crippen molar-refractivity contribution in [2.24, 2.45) is 5.92 Å². The maximum absolute atomic E-state index is 4.23. The Morgan fingerprint density at radius 1 is 1.40 bits per heavy atom. The normalized spacial score (nSPS) is 10.7. The number of thioether (sulfide) groups is 1.